The van der Waals surface area contributed by atoms with E-state index >= 15 is 0 Å². The Balaban J connectivity index is 2.01. The summed E-state index contributed by atoms with van der Waals surface area (Å²) in [6.07, 6.45) is 2.71. The zero-order valence-electron chi connectivity index (χ0n) is 11.7. The summed E-state index contributed by atoms with van der Waals surface area (Å²) < 4.78 is 0. The first kappa shape index (κ1) is 13.6. The molecule has 3 heteroatoms. The number of aryl methyl sites for hydroxylation is 1. The summed E-state index contributed by atoms with van der Waals surface area (Å²) in [4.78, 5) is 15.3. The van der Waals surface area contributed by atoms with Crippen LogP contribution < -0.4 is 0 Å². The van der Waals surface area contributed by atoms with Crippen LogP contribution in [-0.4, -0.2) is 16.1 Å². The predicted octanol–water partition coefficient (Wildman–Crippen LogP) is 4.19. The van der Waals surface area contributed by atoms with Gasteiger partial charge in [0.25, 0.3) is 0 Å². The summed E-state index contributed by atoms with van der Waals surface area (Å²) in [6.45, 7) is 0. The van der Waals surface area contributed by atoms with Gasteiger partial charge in [0, 0.05) is 17.2 Å². The molecule has 0 unspecified atom stereocenters. The molecule has 21 heavy (non-hydrogen) atoms. The van der Waals surface area contributed by atoms with Gasteiger partial charge in [0.1, 0.15) is 0 Å². The average Bonchev–Trinajstić information content (AvgIpc) is 2.50. The Hall–Kier alpha value is -2.42. The fourth-order valence-corrected chi connectivity index (χ4v) is 2.77. The van der Waals surface area contributed by atoms with Gasteiger partial charge in [-0.2, -0.15) is 0 Å². The summed E-state index contributed by atoms with van der Waals surface area (Å²) in [7, 11) is 0. The van der Waals surface area contributed by atoms with Gasteiger partial charge in [-0.25, -0.2) is 4.98 Å². The molecule has 0 bridgehead atoms. The van der Waals surface area contributed by atoms with E-state index < -0.39 is 5.97 Å². The molecule has 0 aliphatic heterocycles. The van der Waals surface area contributed by atoms with Crippen LogP contribution in [0.3, 0.4) is 0 Å². The number of para-hydroxylation sites is 2. The molecule has 1 aromatic heterocycles. The SMILES string of the molecule is O=C(O)CCCCc1c2ccccc2nc2ccccc12. The molecule has 0 spiro atoms. The van der Waals surface area contributed by atoms with Gasteiger partial charge < -0.3 is 5.11 Å². The maximum atomic E-state index is 10.6. The number of carbonyl (C=O) groups is 1. The normalized spacial score (nSPS) is 11.0. The molecule has 0 saturated heterocycles. The van der Waals surface area contributed by atoms with Crippen molar-refractivity contribution in [1.29, 1.82) is 0 Å². The number of carboxylic acids is 1. The van der Waals surface area contributed by atoms with E-state index in [-0.39, 0.29) is 6.42 Å². The molecule has 0 amide bonds. The molecule has 0 aliphatic rings. The Bertz CT molecular complexity index is 741. The first-order valence-corrected chi connectivity index (χ1v) is 7.24. The Kier molecular flexibility index (Phi) is 3.82. The molecule has 3 aromatic rings. The molecular weight excluding hydrogens is 262 g/mol. The second-order valence-electron chi connectivity index (χ2n) is 5.23. The Morgan fingerprint density at radius 1 is 0.905 bits per heavy atom. The highest BCUT2D eigenvalue weighted by Crippen LogP contribution is 2.27. The van der Waals surface area contributed by atoms with E-state index in [1.165, 1.54) is 16.3 Å². The minimum atomic E-state index is -0.723. The van der Waals surface area contributed by atoms with Crippen LogP contribution in [0.1, 0.15) is 24.8 Å². The molecule has 0 saturated carbocycles. The highest BCUT2D eigenvalue weighted by atomic mass is 16.4. The van der Waals surface area contributed by atoms with E-state index in [1.54, 1.807) is 0 Å². The van der Waals surface area contributed by atoms with Crippen molar-refractivity contribution in [1.82, 2.24) is 4.98 Å². The topological polar surface area (TPSA) is 50.2 Å². The quantitative estimate of drug-likeness (QED) is 0.563. The van der Waals surface area contributed by atoms with Gasteiger partial charge in [-0.15, -0.1) is 0 Å². The first-order chi connectivity index (χ1) is 10.3. The summed E-state index contributed by atoms with van der Waals surface area (Å²) >= 11 is 0. The number of rotatable bonds is 5. The molecule has 3 nitrogen and oxygen atoms in total. The lowest BCUT2D eigenvalue weighted by Gasteiger charge is -2.10. The summed E-state index contributed by atoms with van der Waals surface area (Å²) in [5.41, 5.74) is 3.29. The van der Waals surface area contributed by atoms with Crippen molar-refractivity contribution in [3.8, 4) is 0 Å². The van der Waals surface area contributed by atoms with Gasteiger partial charge in [-0.3, -0.25) is 4.79 Å². The number of nitrogens with zero attached hydrogens (tertiary/aromatic N) is 1. The zero-order valence-corrected chi connectivity index (χ0v) is 11.7. The standard InChI is InChI=1S/C18H17NO2/c20-18(21)12-6-3-7-13-14-8-1-4-10-16(14)19-17-11-5-2-9-15(13)17/h1-2,4-5,8-11H,3,6-7,12H2,(H,20,21). The van der Waals surface area contributed by atoms with E-state index in [0.717, 1.165) is 23.9 Å². The lowest BCUT2D eigenvalue weighted by molar-refractivity contribution is -0.137. The van der Waals surface area contributed by atoms with Crippen molar-refractivity contribution in [3.63, 3.8) is 0 Å². The predicted molar refractivity (Wildman–Crippen MR) is 84.4 cm³/mol. The second-order valence-corrected chi connectivity index (χ2v) is 5.23. The molecule has 0 fully saturated rings. The maximum Gasteiger partial charge on any atom is 0.303 e. The van der Waals surface area contributed by atoms with Gasteiger partial charge in [0.2, 0.25) is 0 Å². The number of hydrogen-bond acceptors (Lipinski definition) is 2. The van der Waals surface area contributed by atoms with Crippen molar-refractivity contribution in [3.05, 3.63) is 54.1 Å². The monoisotopic (exact) mass is 279 g/mol. The lowest BCUT2D eigenvalue weighted by Crippen LogP contribution is -1.97. The number of benzene rings is 2. The van der Waals surface area contributed by atoms with Crippen molar-refractivity contribution in [2.45, 2.75) is 25.7 Å². The Labute approximate surface area is 123 Å². The number of unbranched alkanes of at least 4 members (excludes halogenated alkanes) is 1. The van der Waals surface area contributed by atoms with Crippen molar-refractivity contribution >= 4 is 27.8 Å². The molecule has 0 atom stereocenters. The molecule has 0 aliphatic carbocycles. The number of pyridine rings is 1. The summed E-state index contributed by atoms with van der Waals surface area (Å²) in [5, 5.41) is 11.1. The number of aromatic nitrogens is 1. The van der Waals surface area contributed by atoms with Crippen LogP contribution in [0.15, 0.2) is 48.5 Å². The summed E-state index contributed by atoms with van der Waals surface area (Å²) in [5.74, 6) is -0.723. The third kappa shape index (κ3) is 2.87. The number of carboxylic acid groups (broad SMARTS) is 1. The maximum absolute atomic E-state index is 10.6. The lowest BCUT2D eigenvalue weighted by atomic mass is 9.97. The van der Waals surface area contributed by atoms with Crippen molar-refractivity contribution in [2.24, 2.45) is 0 Å². The molecule has 1 heterocycles. The molecule has 1 N–H and O–H groups in total. The van der Waals surface area contributed by atoms with Crippen LogP contribution in [0.4, 0.5) is 0 Å². The first-order valence-electron chi connectivity index (χ1n) is 7.24. The van der Waals surface area contributed by atoms with Crippen LogP contribution in [-0.2, 0) is 11.2 Å². The second kappa shape index (κ2) is 5.92. The zero-order chi connectivity index (χ0) is 14.7. The molecule has 2 aromatic carbocycles. The van der Waals surface area contributed by atoms with Gasteiger partial charge in [0.05, 0.1) is 11.0 Å². The summed E-state index contributed by atoms with van der Waals surface area (Å²) in [6, 6.07) is 16.3. The minimum Gasteiger partial charge on any atom is -0.481 e. The van der Waals surface area contributed by atoms with E-state index in [9.17, 15) is 4.79 Å². The fourth-order valence-electron chi connectivity index (χ4n) is 2.77. The highest BCUT2D eigenvalue weighted by molar-refractivity contribution is 5.97. The third-order valence-corrected chi connectivity index (χ3v) is 3.77. The van der Waals surface area contributed by atoms with Crippen LogP contribution in [0.25, 0.3) is 21.8 Å². The van der Waals surface area contributed by atoms with Gasteiger partial charge >= 0.3 is 5.97 Å². The number of fused-ring (bicyclic) bond motifs is 2. The van der Waals surface area contributed by atoms with Crippen LogP contribution >= 0.6 is 0 Å². The van der Waals surface area contributed by atoms with E-state index in [2.05, 4.69) is 12.1 Å². The molecule has 106 valence electrons. The van der Waals surface area contributed by atoms with Crippen molar-refractivity contribution in [2.75, 3.05) is 0 Å². The largest absolute Gasteiger partial charge is 0.481 e. The van der Waals surface area contributed by atoms with Gasteiger partial charge in [0.15, 0.2) is 0 Å². The van der Waals surface area contributed by atoms with Gasteiger partial charge in [-0.1, -0.05) is 36.4 Å². The number of hydrogen-bond donors (Lipinski definition) is 1. The van der Waals surface area contributed by atoms with Crippen LogP contribution in [0.2, 0.25) is 0 Å². The molecular formula is C18H17NO2. The minimum absolute atomic E-state index is 0.237. The fraction of sp³-hybridized carbons (Fsp3) is 0.222. The molecule has 0 radical (unpaired) electrons. The average molecular weight is 279 g/mol. The highest BCUT2D eigenvalue weighted by Gasteiger charge is 2.08. The smallest absolute Gasteiger partial charge is 0.303 e. The van der Waals surface area contributed by atoms with Gasteiger partial charge in [-0.05, 0) is 37.0 Å². The van der Waals surface area contributed by atoms with Crippen molar-refractivity contribution < 1.29 is 9.90 Å². The third-order valence-electron chi connectivity index (χ3n) is 3.77. The van der Waals surface area contributed by atoms with E-state index in [1.807, 2.05) is 36.4 Å². The van der Waals surface area contributed by atoms with Crippen LogP contribution in [0.5, 0.6) is 0 Å². The van der Waals surface area contributed by atoms with E-state index in [4.69, 9.17) is 10.1 Å². The Morgan fingerprint density at radius 3 is 2.05 bits per heavy atom. The van der Waals surface area contributed by atoms with Crippen LogP contribution in [0, 0.1) is 0 Å². The Morgan fingerprint density at radius 2 is 1.48 bits per heavy atom. The number of aliphatic carboxylic acids is 1. The molecule has 3 rings (SSSR count). The van der Waals surface area contributed by atoms with E-state index in [0.29, 0.717) is 6.42 Å².